The summed E-state index contributed by atoms with van der Waals surface area (Å²) in [6, 6.07) is 0. The Morgan fingerprint density at radius 3 is 2.58 bits per heavy atom. The Morgan fingerprint density at radius 1 is 1.12 bits per heavy atom. The molecular formula is C30H47NO2. The number of aliphatic imine (C=N–C) groups is 1. The van der Waals surface area contributed by atoms with Crippen LogP contribution in [0.25, 0.3) is 0 Å². The van der Waals surface area contributed by atoms with Gasteiger partial charge in [0, 0.05) is 24.6 Å². The molecule has 3 heteroatoms. The molecule has 0 aromatic heterocycles. The van der Waals surface area contributed by atoms with E-state index in [2.05, 4.69) is 41.2 Å². The van der Waals surface area contributed by atoms with E-state index < -0.39 is 0 Å². The van der Waals surface area contributed by atoms with Gasteiger partial charge in [-0.25, -0.2) is 0 Å². The smallest absolute Gasteiger partial charge is 0.302 e. The van der Waals surface area contributed by atoms with Crippen LogP contribution in [0, 0.1) is 34.5 Å². The van der Waals surface area contributed by atoms with Gasteiger partial charge < -0.3 is 4.74 Å². The SMILES string of the molecule is C=C(CC[C@@H](C)[C@H]1CCN=C2C3=C(CC[C@@]21C)[C@@]1(C)CC[C@@H](OC(C)=O)C[C@H]1CC3)C(C)C. The molecule has 184 valence electrons. The minimum atomic E-state index is -0.124. The van der Waals surface area contributed by atoms with E-state index >= 15 is 0 Å². The average Bonchev–Trinajstić information content (AvgIpc) is 2.76. The molecule has 1 aliphatic heterocycles. The highest BCUT2D eigenvalue weighted by molar-refractivity contribution is 6.06. The first kappa shape index (κ1) is 24.7. The molecule has 0 amide bonds. The largest absolute Gasteiger partial charge is 0.463 e. The number of esters is 1. The van der Waals surface area contributed by atoms with Crippen molar-refractivity contribution in [1.82, 2.24) is 0 Å². The Balaban J connectivity index is 1.54. The molecule has 0 aromatic carbocycles. The number of ether oxygens (including phenoxy) is 1. The second-order valence-corrected chi connectivity index (χ2v) is 12.5. The Bertz CT molecular complexity index is 851. The van der Waals surface area contributed by atoms with Gasteiger partial charge in [0.2, 0.25) is 0 Å². The second-order valence-electron chi connectivity index (χ2n) is 12.5. The third-order valence-corrected chi connectivity index (χ3v) is 10.2. The van der Waals surface area contributed by atoms with Gasteiger partial charge >= 0.3 is 5.97 Å². The molecule has 4 aliphatic rings. The van der Waals surface area contributed by atoms with Crippen LogP contribution in [-0.2, 0) is 9.53 Å². The first-order chi connectivity index (χ1) is 15.6. The number of fused-ring (bicyclic) bond motifs is 4. The minimum Gasteiger partial charge on any atom is -0.463 e. The molecule has 33 heavy (non-hydrogen) atoms. The van der Waals surface area contributed by atoms with Crippen molar-refractivity contribution in [1.29, 1.82) is 0 Å². The number of hydrogen-bond donors (Lipinski definition) is 0. The molecule has 0 radical (unpaired) electrons. The molecule has 3 nitrogen and oxygen atoms in total. The summed E-state index contributed by atoms with van der Waals surface area (Å²) < 4.78 is 5.63. The highest BCUT2D eigenvalue weighted by atomic mass is 16.5. The molecule has 0 bridgehead atoms. The van der Waals surface area contributed by atoms with Crippen LogP contribution in [0.2, 0.25) is 0 Å². The van der Waals surface area contributed by atoms with Gasteiger partial charge in [-0.2, -0.15) is 0 Å². The number of hydrogen-bond acceptors (Lipinski definition) is 3. The average molecular weight is 454 g/mol. The van der Waals surface area contributed by atoms with E-state index in [9.17, 15) is 4.79 Å². The molecule has 0 saturated heterocycles. The highest BCUT2D eigenvalue weighted by Gasteiger charge is 2.53. The van der Waals surface area contributed by atoms with Crippen molar-refractivity contribution >= 4 is 11.7 Å². The summed E-state index contributed by atoms with van der Waals surface area (Å²) in [5, 5.41) is 0. The molecule has 4 rings (SSSR count). The topological polar surface area (TPSA) is 38.7 Å². The molecule has 1 saturated carbocycles. The zero-order valence-corrected chi connectivity index (χ0v) is 22.1. The summed E-state index contributed by atoms with van der Waals surface area (Å²) in [4.78, 5) is 16.8. The third kappa shape index (κ3) is 4.50. The lowest BCUT2D eigenvalue weighted by molar-refractivity contribution is -0.150. The summed E-state index contributed by atoms with van der Waals surface area (Å²) in [6.45, 7) is 19.0. The molecule has 6 atom stereocenters. The van der Waals surface area contributed by atoms with E-state index in [-0.39, 0.29) is 22.9 Å². The Kier molecular flexibility index (Phi) is 7.00. The Labute approximate surface area is 202 Å². The van der Waals surface area contributed by atoms with Gasteiger partial charge in [0.15, 0.2) is 0 Å². The number of allylic oxidation sites excluding steroid dienone is 3. The van der Waals surface area contributed by atoms with Crippen LogP contribution in [0.4, 0.5) is 0 Å². The van der Waals surface area contributed by atoms with E-state index in [1.54, 1.807) is 18.1 Å². The zero-order chi connectivity index (χ0) is 24.0. The Morgan fingerprint density at radius 2 is 1.88 bits per heavy atom. The lowest BCUT2D eigenvalue weighted by Gasteiger charge is -2.55. The number of nitrogens with zero attached hydrogens (tertiary/aromatic N) is 1. The monoisotopic (exact) mass is 453 g/mol. The molecule has 0 spiro atoms. The summed E-state index contributed by atoms with van der Waals surface area (Å²) in [6.07, 6.45) is 11.8. The predicted molar refractivity (Wildman–Crippen MR) is 137 cm³/mol. The van der Waals surface area contributed by atoms with E-state index in [1.807, 2.05) is 0 Å². The highest BCUT2D eigenvalue weighted by Crippen LogP contribution is 2.60. The van der Waals surface area contributed by atoms with Crippen molar-refractivity contribution in [2.75, 3.05) is 6.54 Å². The van der Waals surface area contributed by atoms with Crippen LogP contribution < -0.4 is 0 Å². The first-order valence-corrected chi connectivity index (χ1v) is 13.7. The van der Waals surface area contributed by atoms with Crippen LogP contribution in [0.3, 0.4) is 0 Å². The van der Waals surface area contributed by atoms with Gasteiger partial charge in [0.1, 0.15) is 6.10 Å². The summed E-state index contributed by atoms with van der Waals surface area (Å²) in [7, 11) is 0. The molecule has 0 unspecified atom stereocenters. The van der Waals surface area contributed by atoms with Crippen molar-refractivity contribution < 1.29 is 9.53 Å². The summed E-state index contributed by atoms with van der Waals surface area (Å²) in [5.74, 6) is 2.54. The van der Waals surface area contributed by atoms with Gasteiger partial charge in [0.25, 0.3) is 0 Å². The Hall–Kier alpha value is -1.38. The van der Waals surface area contributed by atoms with Crippen molar-refractivity contribution in [3.63, 3.8) is 0 Å². The summed E-state index contributed by atoms with van der Waals surface area (Å²) >= 11 is 0. The zero-order valence-electron chi connectivity index (χ0n) is 22.1. The van der Waals surface area contributed by atoms with Crippen molar-refractivity contribution in [3.8, 4) is 0 Å². The molecule has 1 fully saturated rings. The molecule has 0 aromatic rings. The predicted octanol–water partition coefficient (Wildman–Crippen LogP) is 7.70. The molecule has 1 heterocycles. The molecule has 0 N–H and O–H groups in total. The minimum absolute atomic E-state index is 0.120. The normalized spacial score (nSPS) is 36.9. The quantitative estimate of drug-likeness (QED) is 0.305. The maximum absolute atomic E-state index is 11.5. The third-order valence-electron chi connectivity index (χ3n) is 10.2. The van der Waals surface area contributed by atoms with E-state index in [1.165, 1.54) is 49.8 Å². The molecular weight excluding hydrogens is 406 g/mol. The van der Waals surface area contributed by atoms with Crippen molar-refractivity contribution in [2.45, 2.75) is 112 Å². The van der Waals surface area contributed by atoms with Gasteiger partial charge in [0.05, 0.1) is 0 Å². The van der Waals surface area contributed by atoms with Crippen LogP contribution in [0.1, 0.15) is 106 Å². The summed E-state index contributed by atoms with van der Waals surface area (Å²) in [5.41, 5.74) is 6.74. The fourth-order valence-electron chi connectivity index (χ4n) is 7.98. The number of rotatable bonds is 6. The standard InChI is InChI=1S/C30H47NO2/c1-19(2)20(3)8-9-21(4)26-14-17-31-28-25-11-10-23-18-24(33-22(5)32)12-15-29(23,6)27(25)13-16-30(26,28)7/h19,21,23-24,26H,3,8-18H2,1-2,4-7H3/t21-,23-,24-,26-,29+,30-/m1/s1. The van der Waals surface area contributed by atoms with E-state index in [4.69, 9.17) is 9.73 Å². The second kappa shape index (κ2) is 9.34. The lowest BCUT2D eigenvalue weighted by atomic mass is 9.50. The number of carbonyl (C=O) groups is 1. The first-order valence-electron chi connectivity index (χ1n) is 13.7. The van der Waals surface area contributed by atoms with Gasteiger partial charge in [-0.1, -0.05) is 52.3 Å². The fraction of sp³-hybridized carbons (Fsp3) is 0.800. The van der Waals surface area contributed by atoms with Crippen LogP contribution in [0.5, 0.6) is 0 Å². The molecule has 3 aliphatic carbocycles. The van der Waals surface area contributed by atoms with E-state index in [0.29, 0.717) is 17.8 Å². The van der Waals surface area contributed by atoms with Gasteiger partial charge in [-0.05, 0) is 98.9 Å². The van der Waals surface area contributed by atoms with Gasteiger partial charge in [-0.15, -0.1) is 0 Å². The lowest BCUT2D eigenvalue weighted by Crippen LogP contribution is -2.50. The van der Waals surface area contributed by atoms with E-state index in [0.717, 1.165) is 38.1 Å². The van der Waals surface area contributed by atoms with Crippen molar-refractivity contribution in [3.05, 3.63) is 23.3 Å². The maximum Gasteiger partial charge on any atom is 0.302 e. The number of carbonyl (C=O) groups excluding carboxylic acids is 1. The fourth-order valence-corrected chi connectivity index (χ4v) is 7.98. The van der Waals surface area contributed by atoms with Crippen LogP contribution in [-0.4, -0.2) is 24.3 Å². The van der Waals surface area contributed by atoms with Crippen molar-refractivity contribution in [2.24, 2.45) is 39.5 Å². The van der Waals surface area contributed by atoms with Gasteiger partial charge in [-0.3, -0.25) is 9.79 Å². The van der Waals surface area contributed by atoms with Crippen LogP contribution in [0.15, 0.2) is 28.3 Å². The van der Waals surface area contributed by atoms with Crippen LogP contribution >= 0.6 is 0 Å². The maximum atomic E-state index is 11.5.